The first-order chi connectivity index (χ1) is 9.04. The van der Waals surface area contributed by atoms with Crippen LogP contribution in [-0.2, 0) is 16.8 Å². The van der Waals surface area contributed by atoms with E-state index in [4.69, 9.17) is 5.14 Å². The lowest BCUT2D eigenvalue weighted by Gasteiger charge is -2.21. The fraction of sp³-hybridized carbons (Fsp3) is 0.571. The van der Waals surface area contributed by atoms with E-state index in [-0.39, 0.29) is 7.43 Å². The summed E-state index contributed by atoms with van der Waals surface area (Å²) in [5.74, 6) is 0. The molecule has 1 aliphatic rings. The van der Waals surface area contributed by atoms with Crippen LogP contribution in [0, 0.1) is 0 Å². The van der Waals surface area contributed by atoms with Gasteiger partial charge in [0, 0.05) is 6.54 Å². The van der Waals surface area contributed by atoms with Gasteiger partial charge in [-0.2, -0.15) is 8.42 Å². The Morgan fingerprint density at radius 3 is 2.30 bits per heavy atom. The number of nitrogens with one attached hydrogen (secondary N) is 1. The zero-order valence-electron chi connectivity index (χ0n) is 11.0. The molecule has 5 nitrogen and oxygen atoms in total. The van der Waals surface area contributed by atoms with Crippen LogP contribution < -0.4 is 9.86 Å². The van der Waals surface area contributed by atoms with Crippen LogP contribution in [0.15, 0.2) is 24.3 Å². The SMILES string of the molecule is C.NS(=O)(=O)Nc1ccccc1CN1CCCCCC1. The van der Waals surface area contributed by atoms with Crippen molar-refractivity contribution in [3.8, 4) is 0 Å². The number of rotatable bonds is 4. The first-order valence-electron chi connectivity index (χ1n) is 6.65. The van der Waals surface area contributed by atoms with Gasteiger partial charge in [-0.3, -0.25) is 9.62 Å². The van der Waals surface area contributed by atoms with Crippen molar-refractivity contribution in [2.24, 2.45) is 5.14 Å². The molecule has 3 N–H and O–H groups in total. The van der Waals surface area contributed by atoms with Gasteiger partial charge in [0.05, 0.1) is 5.69 Å². The third-order valence-corrected chi connectivity index (χ3v) is 3.87. The normalized spacial score (nSPS) is 17.1. The van der Waals surface area contributed by atoms with E-state index in [9.17, 15) is 8.42 Å². The summed E-state index contributed by atoms with van der Waals surface area (Å²) < 4.78 is 24.7. The van der Waals surface area contributed by atoms with Crippen molar-refractivity contribution in [3.63, 3.8) is 0 Å². The molecule has 0 spiro atoms. The Morgan fingerprint density at radius 1 is 1.10 bits per heavy atom. The predicted octanol–water partition coefficient (Wildman–Crippen LogP) is 2.31. The van der Waals surface area contributed by atoms with Crippen LogP contribution in [-0.4, -0.2) is 26.4 Å². The standard InChI is InChI=1S/C13H21N3O2S.CH4/c14-19(17,18)15-13-8-4-3-7-12(13)11-16-9-5-1-2-6-10-16;/h3-4,7-8,15H,1-2,5-6,9-11H2,(H2,14,17,18);1H4. The van der Waals surface area contributed by atoms with Crippen LogP contribution in [0.25, 0.3) is 0 Å². The van der Waals surface area contributed by atoms with Gasteiger partial charge in [-0.25, -0.2) is 5.14 Å². The summed E-state index contributed by atoms with van der Waals surface area (Å²) in [7, 11) is -3.72. The van der Waals surface area contributed by atoms with Crippen molar-refractivity contribution in [1.82, 2.24) is 4.90 Å². The van der Waals surface area contributed by atoms with Gasteiger partial charge in [-0.1, -0.05) is 38.5 Å². The van der Waals surface area contributed by atoms with Crippen molar-refractivity contribution in [3.05, 3.63) is 29.8 Å². The highest BCUT2D eigenvalue weighted by Crippen LogP contribution is 2.20. The van der Waals surface area contributed by atoms with Gasteiger partial charge < -0.3 is 0 Å². The molecule has 2 rings (SSSR count). The largest absolute Gasteiger partial charge is 0.299 e. The van der Waals surface area contributed by atoms with Crippen molar-refractivity contribution < 1.29 is 8.42 Å². The van der Waals surface area contributed by atoms with E-state index in [1.54, 1.807) is 12.1 Å². The summed E-state index contributed by atoms with van der Waals surface area (Å²) >= 11 is 0. The zero-order chi connectivity index (χ0) is 13.7. The van der Waals surface area contributed by atoms with E-state index < -0.39 is 10.2 Å². The van der Waals surface area contributed by atoms with Crippen molar-refractivity contribution in [2.75, 3.05) is 17.8 Å². The fourth-order valence-electron chi connectivity index (χ4n) is 2.45. The Morgan fingerprint density at radius 2 is 1.70 bits per heavy atom. The molecule has 1 saturated heterocycles. The lowest BCUT2D eigenvalue weighted by Crippen LogP contribution is -2.26. The number of hydrogen-bond donors (Lipinski definition) is 2. The second-order valence-electron chi connectivity index (χ2n) is 4.99. The zero-order valence-corrected chi connectivity index (χ0v) is 11.8. The van der Waals surface area contributed by atoms with Gasteiger partial charge in [0.15, 0.2) is 0 Å². The average molecular weight is 299 g/mol. The van der Waals surface area contributed by atoms with Crippen LogP contribution in [0.4, 0.5) is 5.69 Å². The molecule has 1 aromatic rings. The summed E-state index contributed by atoms with van der Waals surface area (Å²) in [5, 5.41) is 5.04. The molecule has 6 heteroatoms. The first-order valence-corrected chi connectivity index (χ1v) is 8.20. The summed E-state index contributed by atoms with van der Waals surface area (Å²) in [6, 6.07) is 7.41. The van der Waals surface area contributed by atoms with Gasteiger partial charge in [-0.15, -0.1) is 0 Å². The molecule has 0 bridgehead atoms. The maximum atomic E-state index is 11.2. The molecular formula is C14H25N3O2S. The van der Waals surface area contributed by atoms with Crippen LogP contribution in [0.5, 0.6) is 0 Å². The van der Waals surface area contributed by atoms with Crippen molar-refractivity contribution in [2.45, 2.75) is 39.7 Å². The lowest BCUT2D eigenvalue weighted by molar-refractivity contribution is 0.277. The van der Waals surface area contributed by atoms with Gasteiger partial charge in [0.2, 0.25) is 0 Å². The van der Waals surface area contributed by atoms with Gasteiger partial charge in [0.25, 0.3) is 10.2 Å². The number of hydrogen-bond acceptors (Lipinski definition) is 3. The van der Waals surface area contributed by atoms with Crippen LogP contribution in [0.3, 0.4) is 0 Å². The fourth-order valence-corrected chi connectivity index (χ4v) is 2.95. The molecule has 1 heterocycles. The maximum absolute atomic E-state index is 11.2. The number of benzene rings is 1. The average Bonchev–Trinajstić information content (AvgIpc) is 2.58. The molecule has 1 aliphatic heterocycles. The maximum Gasteiger partial charge on any atom is 0.296 e. The van der Waals surface area contributed by atoms with Gasteiger partial charge >= 0.3 is 0 Å². The lowest BCUT2D eigenvalue weighted by atomic mass is 10.1. The van der Waals surface area contributed by atoms with E-state index in [0.717, 1.165) is 25.2 Å². The van der Waals surface area contributed by atoms with E-state index in [2.05, 4.69) is 9.62 Å². The highest BCUT2D eigenvalue weighted by Gasteiger charge is 2.13. The van der Waals surface area contributed by atoms with E-state index in [1.165, 1.54) is 25.7 Å². The molecule has 20 heavy (non-hydrogen) atoms. The molecule has 114 valence electrons. The van der Waals surface area contributed by atoms with Crippen molar-refractivity contribution in [1.29, 1.82) is 0 Å². The quantitative estimate of drug-likeness (QED) is 0.896. The van der Waals surface area contributed by atoms with Crippen LogP contribution in [0.1, 0.15) is 38.7 Å². The minimum absolute atomic E-state index is 0. The summed E-state index contributed by atoms with van der Waals surface area (Å²) in [5.41, 5.74) is 1.55. The third-order valence-electron chi connectivity index (χ3n) is 3.36. The van der Waals surface area contributed by atoms with E-state index in [0.29, 0.717) is 5.69 Å². The Bertz CT molecular complexity index is 509. The minimum Gasteiger partial charge on any atom is -0.299 e. The molecule has 0 aliphatic carbocycles. The van der Waals surface area contributed by atoms with Crippen LogP contribution in [0.2, 0.25) is 0 Å². The molecule has 0 saturated carbocycles. The molecule has 0 unspecified atom stereocenters. The van der Waals surface area contributed by atoms with Gasteiger partial charge in [0.1, 0.15) is 0 Å². The Labute approximate surface area is 122 Å². The number of anilines is 1. The Hall–Kier alpha value is -1.11. The molecule has 0 aromatic heterocycles. The molecule has 0 amide bonds. The molecule has 1 fully saturated rings. The molecular weight excluding hydrogens is 274 g/mol. The number of para-hydroxylation sites is 1. The van der Waals surface area contributed by atoms with E-state index >= 15 is 0 Å². The Kier molecular flexibility index (Phi) is 6.45. The first kappa shape index (κ1) is 16.9. The highest BCUT2D eigenvalue weighted by molar-refractivity contribution is 7.90. The second-order valence-corrected chi connectivity index (χ2v) is 6.29. The van der Waals surface area contributed by atoms with Crippen LogP contribution >= 0.6 is 0 Å². The Balaban J connectivity index is 0.00000200. The van der Waals surface area contributed by atoms with Gasteiger partial charge in [-0.05, 0) is 37.6 Å². The summed E-state index contributed by atoms with van der Waals surface area (Å²) in [6.07, 6.45) is 5.00. The smallest absolute Gasteiger partial charge is 0.296 e. The van der Waals surface area contributed by atoms with E-state index in [1.807, 2.05) is 12.1 Å². The number of nitrogens with two attached hydrogens (primary N) is 1. The molecule has 1 aromatic carbocycles. The van der Waals surface area contributed by atoms with Crippen molar-refractivity contribution >= 4 is 15.9 Å². The second kappa shape index (κ2) is 7.61. The predicted molar refractivity (Wildman–Crippen MR) is 83.6 cm³/mol. The number of likely N-dealkylation sites (tertiary alicyclic amines) is 1. The topological polar surface area (TPSA) is 75.4 Å². The molecule has 0 atom stereocenters. The minimum atomic E-state index is -3.72. The summed E-state index contributed by atoms with van der Waals surface area (Å²) in [4.78, 5) is 2.37. The third kappa shape index (κ3) is 5.48. The monoisotopic (exact) mass is 299 g/mol. The number of nitrogens with zero attached hydrogens (tertiary/aromatic N) is 1. The molecule has 0 radical (unpaired) electrons. The summed E-state index contributed by atoms with van der Waals surface area (Å²) in [6.45, 7) is 2.91. The highest BCUT2D eigenvalue weighted by atomic mass is 32.2.